The number of carbonyl (C=O) groups is 1. The van der Waals surface area contributed by atoms with Gasteiger partial charge in [0.2, 0.25) is 0 Å². The summed E-state index contributed by atoms with van der Waals surface area (Å²) in [7, 11) is 0. The predicted octanol–water partition coefficient (Wildman–Crippen LogP) is 3.58. The van der Waals surface area contributed by atoms with E-state index in [9.17, 15) is 13.6 Å². The highest BCUT2D eigenvalue weighted by Crippen LogP contribution is 2.43. The predicted molar refractivity (Wildman–Crippen MR) is 62.1 cm³/mol. The summed E-state index contributed by atoms with van der Waals surface area (Å²) in [5.41, 5.74) is 0.503. The molecule has 1 fully saturated rings. The maximum atomic E-state index is 13.6. The average Bonchev–Trinajstić information content (AvgIpc) is 2.36. The number of nitrogens with zero attached hydrogens (tertiary/aromatic N) is 1. The van der Waals surface area contributed by atoms with Crippen LogP contribution in [0.4, 0.5) is 8.78 Å². The van der Waals surface area contributed by atoms with Gasteiger partial charge in [-0.2, -0.15) is 0 Å². The van der Waals surface area contributed by atoms with Crippen LogP contribution in [0.15, 0.2) is 24.5 Å². The Labute approximate surface area is 100 Å². The molecule has 2 rings (SSSR count). The Bertz CT molecular complexity index is 365. The molecule has 0 spiro atoms. The Morgan fingerprint density at radius 3 is 2.47 bits per heavy atom. The highest BCUT2D eigenvalue weighted by molar-refractivity contribution is 5.80. The molecule has 1 aromatic heterocycles. The van der Waals surface area contributed by atoms with E-state index in [0.717, 1.165) is 0 Å². The molecule has 0 radical (unpaired) electrons. The first kappa shape index (κ1) is 13.7. The van der Waals surface area contributed by atoms with Gasteiger partial charge in [-0.15, -0.1) is 0 Å². The van der Waals surface area contributed by atoms with Crippen molar-refractivity contribution in [2.45, 2.75) is 45.0 Å². The summed E-state index contributed by atoms with van der Waals surface area (Å²) in [5, 5.41) is 0. The molecule has 0 aromatic carbocycles. The first-order valence-electron chi connectivity index (χ1n) is 5.89. The summed E-state index contributed by atoms with van der Waals surface area (Å²) in [6, 6.07) is 3.11. The Balaban J connectivity index is 0.000000686. The zero-order valence-corrected chi connectivity index (χ0v) is 10.1. The molecule has 1 aliphatic rings. The van der Waals surface area contributed by atoms with E-state index in [1.807, 2.05) is 13.8 Å². The fraction of sp³-hybridized carbons (Fsp3) is 0.538. The number of Topliss-reactive ketones (excluding diaryl/α,β-unsaturated/α-hetero) is 1. The molecular formula is C13H17F2NO. The number of rotatable bonds is 1. The van der Waals surface area contributed by atoms with Crippen molar-refractivity contribution in [3.05, 3.63) is 30.1 Å². The van der Waals surface area contributed by atoms with Crippen molar-refractivity contribution in [2.24, 2.45) is 0 Å². The number of halogens is 2. The molecule has 2 nitrogen and oxygen atoms in total. The molecule has 1 atom stereocenters. The fourth-order valence-corrected chi connectivity index (χ4v) is 1.92. The van der Waals surface area contributed by atoms with E-state index in [1.54, 1.807) is 12.1 Å². The van der Waals surface area contributed by atoms with Crippen LogP contribution in [0.5, 0.6) is 0 Å². The van der Waals surface area contributed by atoms with E-state index >= 15 is 0 Å². The lowest BCUT2D eigenvalue weighted by atomic mass is 9.80. The van der Waals surface area contributed by atoms with Crippen LogP contribution < -0.4 is 0 Å². The van der Waals surface area contributed by atoms with Gasteiger partial charge in [0.05, 0.1) is 5.92 Å². The molecular weight excluding hydrogens is 224 g/mol. The van der Waals surface area contributed by atoms with Crippen LogP contribution in [0.2, 0.25) is 0 Å². The monoisotopic (exact) mass is 241 g/mol. The third-order valence-corrected chi connectivity index (χ3v) is 2.79. The van der Waals surface area contributed by atoms with E-state index in [1.165, 1.54) is 12.4 Å². The third kappa shape index (κ3) is 3.32. The number of alkyl halides is 2. The van der Waals surface area contributed by atoms with Crippen LogP contribution in [0, 0.1) is 0 Å². The van der Waals surface area contributed by atoms with E-state index in [2.05, 4.69) is 4.98 Å². The Hall–Kier alpha value is -1.32. The maximum absolute atomic E-state index is 13.6. The molecule has 4 heteroatoms. The van der Waals surface area contributed by atoms with Gasteiger partial charge in [0.1, 0.15) is 5.78 Å². The Kier molecular flexibility index (Phi) is 4.73. The van der Waals surface area contributed by atoms with E-state index < -0.39 is 11.8 Å². The molecule has 0 aliphatic heterocycles. The molecule has 0 bridgehead atoms. The summed E-state index contributed by atoms with van der Waals surface area (Å²) in [6.07, 6.45) is 2.55. The highest BCUT2D eigenvalue weighted by atomic mass is 19.3. The van der Waals surface area contributed by atoms with Gasteiger partial charge >= 0.3 is 0 Å². The van der Waals surface area contributed by atoms with E-state index in [4.69, 9.17) is 0 Å². The lowest BCUT2D eigenvalue weighted by molar-refractivity contribution is -0.130. The van der Waals surface area contributed by atoms with Crippen LogP contribution in [0.1, 0.15) is 44.6 Å². The molecule has 1 aliphatic carbocycles. The van der Waals surface area contributed by atoms with Crippen LogP contribution in [-0.2, 0) is 4.79 Å². The second kappa shape index (κ2) is 5.84. The molecule has 17 heavy (non-hydrogen) atoms. The number of ketones is 1. The maximum Gasteiger partial charge on any atom is 0.255 e. The third-order valence-electron chi connectivity index (χ3n) is 2.79. The van der Waals surface area contributed by atoms with Gasteiger partial charge in [0, 0.05) is 31.7 Å². The smallest absolute Gasteiger partial charge is 0.255 e. The van der Waals surface area contributed by atoms with Crippen molar-refractivity contribution < 1.29 is 13.6 Å². The second-order valence-corrected chi connectivity index (χ2v) is 3.84. The van der Waals surface area contributed by atoms with Gasteiger partial charge in [-0.1, -0.05) is 13.8 Å². The Morgan fingerprint density at radius 2 is 1.88 bits per heavy atom. The minimum absolute atomic E-state index is 0.00537. The number of hydrogen-bond acceptors (Lipinski definition) is 2. The van der Waals surface area contributed by atoms with Crippen molar-refractivity contribution in [1.29, 1.82) is 0 Å². The van der Waals surface area contributed by atoms with Crippen molar-refractivity contribution in [1.82, 2.24) is 4.98 Å². The van der Waals surface area contributed by atoms with Crippen LogP contribution in [-0.4, -0.2) is 16.7 Å². The summed E-state index contributed by atoms with van der Waals surface area (Å²) in [4.78, 5) is 15.0. The molecule has 1 saturated carbocycles. The average molecular weight is 241 g/mol. The fourth-order valence-electron chi connectivity index (χ4n) is 1.92. The van der Waals surface area contributed by atoms with Gasteiger partial charge in [-0.05, 0) is 17.7 Å². The molecule has 0 saturated heterocycles. The van der Waals surface area contributed by atoms with Gasteiger partial charge in [-0.25, -0.2) is 8.78 Å². The summed E-state index contributed by atoms with van der Waals surface area (Å²) >= 11 is 0. The molecule has 1 aromatic rings. The lowest BCUT2D eigenvalue weighted by Gasteiger charge is -2.30. The van der Waals surface area contributed by atoms with Crippen LogP contribution in [0.3, 0.4) is 0 Å². The SMILES string of the molecule is CC.O=C1CCC(F)(F)C(c2ccncc2)C1. The topological polar surface area (TPSA) is 30.0 Å². The zero-order chi connectivity index (χ0) is 12.9. The first-order valence-corrected chi connectivity index (χ1v) is 5.89. The molecule has 94 valence electrons. The molecule has 0 amide bonds. The first-order chi connectivity index (χ1) is 8.09. The van der Waals surface area contributed by atoms with Crippen molar-refractivity contribution in [3.8, 4) is 0 Å². The number of carbonyl (C=O) groups excluding carboxylic acids is 1. The van der Waals surface area contributed by atoms with Gasteiger partial charge in [0.25, 0.3) is 5.92 Å². The van der Waals surface area contributed by atoms with Gasteiger partial charge in [-0.3, -0.25) is 9.78 Å². The quantitative estimate of drug-likeness (QED) is 0.752. The molecule has 1 heterocycles. The zero-order valence-electron chi connectivity index (χ0n) is 10.1. The minimum Gasteiger partial charge on any atom is -0.300 e. The molecule has 0 N–H and O–H groups in total. The minimum atomic E-state index is -2.77. The number of hydrogen-bond donors (Lipinski definition) is 0. The highest BCUT2D eigenvalue weighted by Gasteiger charge is 2.44. The second-order valence-electron chi connectivity index (χ2n) is 3.84. The normalized spacial score (nSPS) is 22.6. The Morgan fingerprint density at radius 1 is 1.29 bits per heavy atom. The van der Waals surface area contributed by atoms with Gasteiger partial charge < -0.3 is 0 Å². The summed E-state index contributed by atoms with van der Waals surface area (Å²) < 4.78 is 27.1. The van der Waals surface area contributed by atoms with Crippen LogP contribution >= 0.6 is 0 Å². The lowest BCUT2D eigenvalue weighted by Crippen LogP contribution is -2.33. The van der Waals surface area contributed by atoms with E-state index in [0.29, 0.717) is 5.56 Å². The largest absolute Gasteiger partial charge is 0.300 e. The van der Waals surface area contributed by atoms with Crippen molar-refractivity contribution >= 4 is 5.78 Å². The standard InChI is InChI=1S/C11H11F2NO.C2H6/c12-11(13)4-1-9(15)7-10(11)8-2-5-14-6-3-8;1-2/h2-3,5-6,10H,1,4,7H2;1-2H3. The van der Waals surface area contributed by atoms with Crippen molar-refractivity contribution in [3.63, 3.8) is 0 Å². The number of aromatic nitrogens is 1. The summed E-state index contributed by atoms with van der Waals surface area (Å²) in [5.74, 6) is -3.82. The van der Waals surface area contributed by atoms with Gasteiger partial charge in [0.15, 0.2) is 0 Å². The van der Waals surface area contributed by atoms with Crippen molar-refractivity contribution in [2.75, 3.05) is 0 Å². The summed E-state index contributed by atoms with van der Waals surface area (Å²) in [6.45, 7) is 4.00. The number of pyridine rings is 1. The van der Waals surface area contributed by atoms with E-state index in [-0.39, 0.29) is 25.0 Å². The van der Waals surface area contributed by atoms with Crippen LogP contribution in [0.25, 0.3) is 0 Å². The molecule has 1 unspecified atom stereocenters.